The predicted molar refractivity (Wildman–Crippen MR) is 93.4 cm³/mol. The van der Waals surface area contributed by atoms with Crippen LogP contribution >= 0.6 is 0 Å². The molecule has 1 aromatic heterocycles. The molecule has 25 heavy (non-hydrogen) atoms. The van der Waals surface area contributed by atoms with Gasteiger partial charge in [0.25, 0.3) is 0 Å². The first kappa shape index (κ1) is 16.9. The molecular formula is C18H16N2O4S. The second kappa shape index (κ2) is 6.18. The molecule has 0 atom stereocenters. The van der Waals surface area contributed by atoms with Gasteiger partial charge in [0.2, 0.25) is 15.7 Å². The van der Waals surface area contributed by atoms with Crippen LogP contribution in [0, 0.1) is 6.92 Å². The topological polar surface area (TPSA) is 99.3 Å². The van der Waals surface area contributed by atoms with Gasteiger partial charge in [-0.2, -0.15) is 0 Å². The molecule has 0 fully saturated rings. The molecule has 0 saturated heterocycles. The third-order valence-electron chi connectivity index (χ3n) is 3.91. The number of carbonyl (C=O) groups is 1. The van der Waals surface area contributed by atoms with Crippen LogP contribution in [-0.2, 0) is 9.84 Å². The minimum Gasteiger partial charge on any atom is -0.497 e. The largest absolute Gasteiger partial charge is 0.497 e. The molecule has 2 N–H and O–H groups in total. The quantitative estimate of drug-likeness (QED) is 0.774. The number of nitrogens with zero attached hydrogens (tertiary/aromatic N) is 1. The van der Waals surface area contributed by atoms with Crippen LogP contribution in [0.1, 0.15) is 15.9 Å². The van der Waals surface area contributed by atoms with Gasteiger partial charge in [0.1, 0.15) is 5.75 Å². The molecule has 2 aromatic carbocycles. The maximum atomic E-state index is 12.9. The number of benzene rings is 2. The molecule has 0 aliphatic carbocycles. The SMILES string of the molecule is COc1ccc(S(=O)(=O)c2cc(C)c3ncc(C(N)=O)cc3c2)cc1. The molecule has 0 aliphatic heterocycles. The number of pyridine rings is 1. The molecule has 128 valence electrons. The van der Waals surface area contributed by atoms with Crippen LogP contribution in [0.5, 0.6) is 5.75 Å². The number of fused-ring (bicyclic) bond motifs is 1. The summed E-state index contributed by atoms with van der Waals surface area (Å²) >= 11 is 0. The van der Waals surface area contributed by atoms with Gasteiger partial charge in [0.15, 0.2) is 0 Å². The van der Waals surface area contributed by atoms with Crippen LogP contribution in [0.25, 0.3) is 10.9 Å². The summed E-state index contributed by atoms with van der Waals surface area (Å²) < 4.78 is 30.8. The van der Waals surface area contributed by atoms with Crippen molar-refractivity contribution in [2.75, 3.05) is 7.11 Å². The molecule has 0 radical (unpaired) electrons. The third-order valence-corrected chi connectivity index (χ3v) is 5.66. The number of nitrogens with two attached hydrogens (primary N) is 1. The van der Waals surface area contributed by atoms with Crippen molar-refractivity contribution in [1.29, 1.82) is 0 Å². The first-order chi connectivity index (χ1) is 11.8. The average Bonchev–Trinajstić information content (AvgIpc) is 2.61. The summed E-state index contributed by atoms with van der Waals surface area (Å²) in [5.41, 5.74) is 6.82. The summed E-state index contributed by atoms with van der Waals surface area (Å²) in [6.45, 7) is 1.77. The Balaban J connectivity index is 2.17. The van der Waals surface area contributed by atoms with Crippen molar-refractivity contribution in [2.45, 2.75) is 16.7 Å². The number of amides is 1. The van der Waals surface area contributed by atoms with Crippen LogP contribution in [0.4, 0.5) is 0 Å². The Hall–Kier alpha value is -2.93. The van der Waals surface area contributed by atoms with Crippen molar-refractivity contribution in [3.05, 3.63) is 59.8 Å². The van der Waals surface area contributed by atoms with E-state index >= 15 is 0 Å². The molecule has 0 unspecified atom stereocenters. The Bertz CT molecular complexity index is 1070. The van der Waals surface area contributed by atoms with Crippen molar-refractivity contribution in [2.24, 2.45) is 5.73 Å². The first-order valence-corrected chi connectivity index (χ1v) is 8.90. The molecule has 0 bridgehead atoms. The van der Waals surface area contributed by atoms with E-state index in [-0.39, 0.29) is 15.4 Å². The predicted octanol–water partition coefficient (Wildman–Crippen LogP) is 2.48. The fraction of sp³-hybridized carbons (Fsp3) is 0.111. The fourth-order valence-corrected chi connectivity index (χ4v) is 3.96. The highest BCUT2D eigenvalue weighted by molar-refractivity contribution is 7.91. The zero-order valence-electron chi connectivity index (χ0n) is 13.7. The van der Waals surface area contributed by atoms with Crippen molar-refractivity contribution in [3.63, 3.8) is 0 Å². The summed E-state index contributed by atoms with van der Waals surface area (Å²) in [7, 11) is -2.20. The number of ether oxygens (including phenoxy) is 1. The van der Waals surface area contributed by atoms with Crippen molar-refractivity contribution in [1.82, 2.24) is 4.98 Å². The average molecular weight is 356 g/mol. The number of rotatable bonds is 4. The number of sulfone groups is 1. The molecule has 0 aliphatic rings. The summed E-state index contributed by atoms with van der Waals surface area (Å²) in [6, 6.07) is 10.8. The number of methoxy groups -OCH3 is 1. The van der Waals surface area contributed by atoms with Gasteiger partial charge in [-0.25, -0.2) is 8.42 Å². The Labute approximate surface area is 145 Å². The second-order valence-electron chi connectivity index (χ2n) is 5.58. The lowest BCUT2D eigenvalue weighted by Crippen LogP contribution is -2.11. The van der Waals surface area contributed by atoms with Gasteiger partial charge in [0, 0.05) is 11.6 Å². The van der Waals surface area contributed by atoms with Crippen LogP contribution in [0.3, 0.4) is 0 Å². The molecule has 1 amide bonds. The van der Waals surface area contributed by atoms with Gasteiger partial charge in [-0.1, -0.05) is 0 Å². The Morgan fingerprint density at radius 1 is 1.08 bits per heavy atom. The smallest absolute Gasteiger partial charge is 0.250 e. The molecule has 3 aromatic rings. The highest BCUT2D eigenvalue weighted by Crippen LogP contribution is 2.28. The van der Waals surface area contributed by atoms with E-state index in [0.29, 0.717) is 22.2 Å². The molecule has 7 heteroatoms. The number of hydrogen-bond donors (Lipinski definition) is 1. The van der Waals surface area contributed by atoms with Gasteiger partial charge in [-0.15, -0.1) is 0 Å². The van der Waals surface area contributed by atoms with Gasteiger partial charge >= 0.3 is 0 Å². The number of aromatic nitrogens is 1. The Morgan fingerprint density at radius 3 is 2.36 bits per heavy atom. The van der Waals surface area contributed by atoms with E-state index in [4.69, 9.17) is 10.5 Å². The minimum atomic E-state index is -3.71. The maximum absolute atomic E-state index is 12.9. The van der Waals surface area contributed by atoms with E-state index in [1.165, 1.54) is 31.5 Å². The normalized spacial score (nSPS) is 11.4. The monoisotopic (exact) mass is 356 g/mol. The van der Waals surface area contributed by atoms with Crippen LogP contribution in [0.2, 0.25) is 0 Å². The van der Waals surface area contributed by atoms with Gasteiger partial charge < -0.3 is 10.5 Å². The van der Waals surface area contributed by atoms with Crippen LogP contribution in [0.15, 0.2) is 58.5 Å². The van der Waals surface area contributed by atoms with E-state index in [9.17, 15) is 13.2 Å². The van der Waals surface area contributed by atoms with Gasteiger partial charge in [0.05, 0.1) is 28.0 Å². The van der Waals surface area contributed by atoms with E-state index in [1.54, 1.807) is 31.2 Å². The fourth-order valence-electron chi connectivity index (χ4n) is 2.58. The second-order valence-corrected chi connectivity index (χ2v) is 7.53. The summed E-state index contributed by atoms with van der Waals surface area (Å²) in [4.78, 5) is 15.8. The summed E-state index contributed by atoms with van der Waals surface area (Å²) in [5, 5.41) is 0.545. The van der Waals surface area contributed by atoms with Gasteiger partial charge in [-0.05, 0) is 55.0 Å². The molecule has 1 heterocycles. The number of primary amides is 1. The summed E-state index contributed by atoms with van der Waals surface area (Å²) in [5.74, 6) is -0.0422. The molecule has 6 nitrogen and oxygen atoms in total. The molecule has 0 saturated carbocycles. The third kappa shape index (κ3) is 3.06. The van der Waals surface area contributed by atoms with Crippen molar-refractivity contribution in [3.8, 4) is 5.75 Å². The van der Waals surface area contributed by atoms with E-state index in [1.807, 2.05) is 0 Å². The Morgan fingerprint density at radius 2 is 1.76 bits per heavy atom. The van der Waals surface area contributed by atoms with Crippen molar-refractivity contribution < 1.29 is 17.9 Å². The number of carbonyl (C=O) groups excluding carboxylic acids is 1. The molecule has 0 spiro atoms. The number of aryl methyl sites for hydroxylation is 1. The summed E-state index contributed by atoms with van der Waals surface area (Å²) in [6.07, 6.45) is 1.38. The van der Waals surface area contributed by atoms with Crippen LogP contribution < -0.4 is 10.5 Å². The minimum absolute atomic E-state index is 0.131. The zero-order chi connectivity index (χ0) is 18.2. The van der Waals surface area contributed by atoms with Crippen LogP contribution in [-0.4, -0.2) is 26.4 Å². The van der Waals surface area contributed by atoms with E-state index < -0.39 is 15.7 Å². The maximum Gasteiger partial charge on any atom is 0.250 e. The highest BCUT2D eigenvalue weighted by Gasteiger charge is 2.19. The van der Waals surface area contributed by atoms with Gasteiger partial charge in [-0.3, -0.25) is 9.78 Å². The zero-order valence-corrected chi connectivity index (χ0v) is 14.5. The lowest BCUT2D eigenvalue weighted by Gasteiger charge is -2.09. The molecular weight excluding hydrogens is 340 g/mol. The lowest BCUT2D eigenvalue weighted by molar-refractivity contribution is 0.1000. The lowest BCUT2D eigenvalue weighted by atomic mass is 10.1. The first-order valence-electron chi connectivity index (χ1n) is 7.42. The highest BCUT2D eigenvalue weighted by atomic mass is 32.2. The number of hydrogen-bond acceptors (Lipinski definition) is 5. The standard InChI is InChI=1S/C18H16N2O4S/c1-11-7-16(9-12-8-13(18(19)21)10-20-17(11)12)25(22,23)15-5-3-14(24-2)4-6-15/h3-10H,1-2H3,(H2,19,21). The molecule has 3 rings (SSSR count). The Kier molecular flexibility index (Phi) is 4.18. The van der Waals surface area contributed by atoms with E-state index in [2.05, 4.69) is 4.98 Å². The van der Waals surface area contributed by atoms with E-state index in [0.717, 1.165) is 0 Å². The van der Waals surface area contributed by atoms with Crippen molar-refractivity contribution >= 4 is 26.6 Å².